The van der Waals surface area contributed by atoms with Gasteiger partial charge in [-0.3, -0.25) is 4.79 Å². The molecule has 0 unspecified atom stereocenters. The molecule has 0 bridgehead atoms. The highest BCUT2D eigenvalue weighted by Gasteiger charge is 2.08. The van der Waals surface area contributed by atoms with E-state index in [0.29, 0.717) is 13.0 Å². The topological polar surface area (TPSA) is 67.8 Å². The summed E-state index contributed by atoms with van der Waals surface area (Å²) in [5.41, 5.74) is 2.01. The van der Waals surface area contributed by atoms with Crippen LogP contribution in [0.15, 0.2) is 12.1 Å². The van der Waals surface area contributed by atoms with Crippen LogP contribution in [0.1, 0.15) is 11.1 Å². The average Bonchev–Trinajstić information content (AvgIpc) is 2.35. The Bertz CT molecular complexity index is 418. The van der Waals surface area contributed by atoms with Crippen molar-refractivity contribution in [3.63, 3.8) is 0 Å². The van der Waals surface area contributed by atoms with Gasteiger partial charge in [-0.2, -0.15) is 0 Å². The third kappa shape index (κ3) is 3.92. The monoisotopic (exact) mass is 253 g/mol. The molecule has 1 aromatic carbocycles. The number of carboxylic acids is 1. The van der Waals surface area contributed by atoms with Crippen LogP contribution in [0.3, 0.4) is 0 Å². The molecule has 0 aromatic heterocycles. The molecular weight excluding hydrogens is 234 g/mol. The SMILES string of the molecule is COc1cc(CCNCC(=O)O)c(OC)cc1C. The van der Waals surface area contributed by atoms with Crippen LogP contribution in [0.5, 0.6) is 11.5 Å². The fourth-order valence-corrected chi connectivity index (χ4v) is 1.73. The van der Waals surface area contributed by atoms with Crippen molar-refractivity contribution in [1.82, 2.24) is 5.32 Å². The molecule has 0 aliphatic carbocycles. The Hall–Kier alpha value is -1.75. The number of ether oxygens (including phenoxy) is 2. The zero-order chi connectivity index (χ0) is 13.5. The minimum atomic E-state index is -0.858. The molecule has 0 radical (unpaired) electrons. The standard InChI is InChI=1S/C13H19NO4/c1-9-6-12(18-3)10(7-11(9)17-2)4-5-14-8-13(15)16/h6-7,14H,4-5,8H2,1-3H3,(H,15,16). The summed E-state index contributed by atoms with van der Waals surface area (Å²) in [7, 11) is 3.25. The quantitative estimate of drug-likeness (QED) is 0.715. The van der Waals surface area contributed by atoms with E-state index in [1.165, 1.54) is 0 Å². The lowest BCUT2D eigenvalue weighted by atomic mass is 10.1. The highest BCUT2D eigenvalue weighted by atomic mass is 16.5. The predicted octanol–water partition coefficient (Wildman–Crippen LogP) is 1.23. The molecular formula is C13H19NO4. The maximum absolute atomic E-state index is 10.4. The van der Waals surface area contributed by atoms with Gasteiger partial charge in [-0.15, -0.1) is 0 Å². The van der Waals surface area contributed by atoms with Gasteiger partial charge >= 0.3 is 5.97 Å². The van der Waals surface area contributed by atoms with E-state index in [4.69, 9.17) is 14.6 Å². The lowest BCUT2D eigenvalue weighted by Gasteiger charge is -2.13. The number of hydrogen-bond acceptors (Lipinski definition) is 4. The predicted molar refractivity (Wildman–Crippen MR) is 68.5 cm³/mol. The Kier molecular flexibility index (Phi) is 5.45. The summed E-state index contributed by atoms with van der Waals surface area (Å²) in [5.74, 6) is 0.748. The van der Waals surface area contributed by atoms with Gasteiger partial charge in [0.15, 0.2) is 0 Å². The van der Waals surface area contributed by atoms with Gasteiger partial charge in [0, 0.05) is 0 Å². The molecule has 0 amide bonds. The summed E-state index contributed by atoms with van der Waals surface area (Å²) < 4.78 is 10.6. The lowest BCUT2D eigenvalue weighted by molar-refractivity contribution is -0.135. The smallest absolute Gasteiger partial charge is 0.317 e. The number of aryl methyl sites for hydroxylation is 1. The van der Waals surface area contributed by atoms with Crippen molar-refractivity contribution in [3.05, 3.63) is 23.3 Å². The van der Waals surface area contributed by atoms with Gasteiger partial charge in [0.25, 0.3) is 0 Å². The molecule has 0 aliphatic rings. The molecule has 2 N–H and O–H groups in total. The zero-order valence-corrected chi connectivity index (χ0v) is 10.9. The highest BCUT2D eigenvalue weighted by Crippen LogP contribution is 2.28. The summed E-state index contributed by atoms with van der Waals surface area (Å²) in [6.45, 7) is 2.49. The van der Waals surface area contributed by atoms with E-state index < -0.39 is 5.97 Å². The third-order valence-electron chi connectivity index (χ3n) is 2.65. The number of carbonyl (C=O) groups is 1. The van der Waals surface area contributed by atoms with E-state index >= 15 is 0 Å². The van der Waals surface area contributed by atoms with E-state index in [-0.39, 0.29) is 6.54 Å². The van der Waals surface area contributed by atoms with E-state index in [1.807, 2.05) is 19.1 Å². The van der Waals surface area contributed by atoms with Gasteiger partial charge in [-0.25, -0.2) is 0 Å². The zero-order valence-electron chi connectivity index (χ0n) is 10.9. The second-order valence-electron chi connectivity index (χ2n) is 3.95. The Morgan fingerprint density at radius 1 is 1.28 bits per heavy atom. The summed E-state index contributed by atoms with van der Waals surface area (Å²) in [6, 6.07) is 3.85. The molecule has 0 aliphatic heterocycles. The number of carboxylic acid groups (broad SMARTS) is 1. The first kappa shape index (κ1) is 14.3. The first-order valence-corrected chi connectivity index (χ1v) is 5.72. The average molecular weight is 253 g/mol. The van der Waals surface area contributed by atoms with Crippen molar-refractivity contribution in [1.29, 1.82) is 0 Å². The molecule has 5 heteroatoms. The second kappa shape index (κ2) is 6.86. The van der Waals surface area contributed by atoms with E-state index in [1.54, 1.807) is 14.2 Å². The molecule has 1 rings (SSSR count). The van der Waals surface area contributed by atoms with Gasteiger partial charge in [0.1, 0.15) is 11.5 Å². The van der Waals surface area contributed by atoms with Crippen LogP contribution in [-0.4, -0.2) is 38.4 Å². The van der Waals surface area contributed by atoms with E-state index in [9.17, 15) is 4.79 Å². The Morgan fingerprint density at radius 3 is 2.50 bits per heavy atom. The van der Waals surface area contributed by atoms with Crippen LogP contribution in [0, 0.1) is 6.92 Å². The van der Waals surface area contributed by atoms with Crippen molar-refractivity contribution in [2.75, 3.05) is 27.3 Å². The van der Waals surface area contributed by atoms with Crippen LogP contribution >= 0.6 is 0 Å². The van der Waals surface area contributed by atoms with Crippen LogP contribution in [0.25, 0.3) is 0 Å². The third-order valence-corrected chi connectivity index (χ3v) is 2.65. The molecule has 1 aromatic rings. The Balaban J connectivity index is 2.70. The van der Waals surface area contributed by atoms with Crippen LogP contribution in [0.4, 0.5) is 0 Å². The Morgan fingerprint density at radius 2 is 1.94 bits per heavy atom. The number of nitrogens with one attached hydrogen (secondary N) is 1. The van der Waals surface area contributed by atoms with E-state index in [0.717, 1.165) is 22.6 Å². The Labute approximate surface area is 107 Å². The molecule has 0 spiro atoms. The number of rotatable bonds is 7. The number of hydrogen-bond donors (Lipinski definition) is 2. The highest BCUT2D eigenvalue weighted by molar-refractivity contribution is 5.68. The van der Waals surface area contributed by atoms with E-state index in [2.05, 4.69) is 5.32 Å². The van der Waals surface area contributed by atoms with Crippen molar-refractivity contribution in [3.8, 4) is 11.5 Å². The minimum absolute atomic E-state index is 0.0364. The molecule has 0 fully saturated rings. The minimum Gasteiger partial charge on any atom is -0.496 e. The second-order valence-corrected chi connectivity index (χ2v) is 3.95. The van der Waals surface area contributed by atoms with Crippen molar-refractivity contribution in [2.45, 2.75) is 13.3 Å². The van der Waals surface area contributed by atoms with Crippen LogP contribution in [-0.2, 0) is 11.2 Å². The van der Waals surface area contributed by atoms with Crippen molar-refractivity contribution in [2.24, 2.45) is 0 Å². The summed E-state index contributed by atoms with van der Waals surface area (Å²) >= 11 is 0. The number of methoxy groups -OCH3 is 2. The van der Waals surface area contributed by atoms with Crippen molar-refractivity contribution >= 4 is 5.97 Å². The normalized spacial score (nSPS) is 10.2. The summed E-state index contributed by atoms with van der Waals surface area (Å²) in [4.78, 5) is 10.4. The molecule has 18 heavy (non-hydrogen) atoms. The molecule has 5 nitrogen and oxygen atoms in total. The van der Waals surface area contributed by atoms with Crippen LogP contribution < -0.4 is 14.8 Å². The largest absolute Gasteiger partial charge is 0.496 e. The van der Waals surface area contributed by atoms with Gasteiger partial charge in [0.2, 0.25) is 0 Å². The molecule has 0 saturated heterocycles. The fourth-order valence-electron chi connectivity index (χ4n) is 1.73. The lowest BCUT2D eigenvalue weighted by Crippen LogP contribution is -2.24. The molecule has 100 valence electrons. The van der Waals surface area contributed by atoms with Gasteiger partial charge < -0.3 is 19.9 Å². The maximum Gasteiger partial charge on any atom is 0.317 e. The first-order chi connectivity index (χ1) is 8.58. The van der Waals surface area contributed by atoms with Gasteiger partial charge in [-0.05, 0) is 43.1 Å². The van der Waals surface area contributed by atoms with Gasteiger partial charge in [-0.1, -0.05) is 0 Å². The van der Waals surface area contributed by atoms with Gasteiger partial charge in [0.05, 0.1) is 20.8 Å². The summed E-state index contributed by atoms with van der Waals surface area (Å²) in [5, 5.41) is 11.4. The molecule has 0 heterocycles. The summed E-state index contributed by atoms with van der Waals surface area (Å²) in [6.07, 6.45) is 0.688. The fraction of sp³-hybridized carbons (Fsp3) is 0.462. The van der Waals surface area contributed by atoms with Crippen molar-refractivity contribution < 1.29 is 19.4 Å². The van der Waals surface area contributed by atoms with Crippen LogP contribution in [0.2, 0.25) is 0 Å². The number of aliphatic carboxylic acids is 1. The molecule has 0 saturated carbocycles. The maximum atomic E-state index is 10.4. The number of benzene rings is 1. The first-order valence-electron chi connectivity index (χ1n) is 5.72. The molecule has 0 atom stereocenters.